The molecular weight excluding hydrogens is 352 g/mol. The van der Waals surface area contributed by atoms with Crippen molar-refractivity contribution in [2.24, 2.45) is 5.11 Å². The third-order valence-corrected chi connectivity index (χ3v) is 4.36. The second kappa shape index (κ2) is 10.0. The van der Waals surface area contributed by atoms with E-state index < -0.39 is 0 Å². The van der Waals surface area contributed by atoms with Crippen molar-refractivity contribution in [2.45, 2.75) is 13.1 Å². The molecule has 0 aromatic heterocycles. The minimum absolute atomic E-state index is 0.0194. The predicted molar refractivity (Wildman–Crippen MR) is 108 cm³/mol. The van der Waals surface area contributed by atoms with Crippen LogP contribution in [0.3, 0.4) is 0 Å². The van der Waals surface area contributed by atoms with Gasteiger partial charge in [0.2, 0.25) is 0 Å². The lowest BCUT2D eigenvalue weighted by molar-refractivity contribution is 0.0342. The molecule has 0 saturated carbocycles. The number of nitrogens with zero attached hydrogens (tertiary/aromatic N) is 6. The Morgan fingerprint density at radius 2 is 1.43 bits per heavy atom. The van der Waals surface area contributed by atoms with Crippen molar-refractivity contribution in [3.8, 4) is 11.8 Å². The number of rotatable bonds is 6. The normalized spacial score (nSPS) is 14.2. The van der Waals surface area contributed by atoms with Crippen LogP contribution in [-0.4, -0.2) is 47.2 Å². The molecule has 28 heavy (non-hydrogen) atoms. The van der Waals surface area contributed by atoms with Gasteiger partial charge in [0.15, 0.2) is 0 Å². The molecule has 2 aromatic rings. The summed E-state index contributed by atoms with van der Waals surface area (Å²) in [6.45, 7) is 2.78. The highest BCUT2D eigenvalue weighted by atomic mass is 16.2. The standard InChI is InChI=1S/C21H22N6O/c22-24-23-13-7-8-14-25-17-26(15-19-9-3-1-4-10-19)21(28)27(18-25)16-20-11-5-2-6-12-20/h1-6,9-12H,13-18H2. The summed E-state index contributed by atoms with van der Waals surface area (Å²) in [5.74, 6) is 5.86. The van der Waals surface area contributed by atoms with E-state index in [1.807, 2.05) is 70.5 Å². The molecule has 1 aliphatic heterocycles. The van der Waals surface area contributed by atoms with E-state index in [0.717, 1.165) is 11.1 Å². The number of carbonyl (C=O) groups is 1. The van der Waals surface area contributed by atoms with Crippen molar-refractivity contribution < 1.29 is 4.79 Å². The number of carbonyl (C=O) groups excluding carboxylic acids is 1. The van der Waals surface area contributed by atoms with E-state index in [1.54, 1.807) is 0 Å². The molecule has 7 nitrogen and oxygen atoms in total. The first-order valence-electron chi connectivity index (χ1n) is 9.07. The lowest BCUT2D eigenvalue weighted by Crippen LogP contribution is -2.57. The molecule has 1 fully saturated rings. The van der Waals surface area contributed by atoms with Gasteiger partial charge in [-0.2, -0.15) is 0 Å². The van der Waals surface area contributed by atoms with Crippen LogP contribution in [0.4, 0.5) is 4.79 Å². The molecule has 7 heteroatoms. The zero-order valence-electron chi connectivity index (χ0n) is 15.6. The summed E-state index contributed by atoms with van der Waals surface area (Å²) >= 11 is 0. The van der Waals surface area contributed by atoms with Gasteiger partial charge in [0.05, 0.1) is 26.4 Å². The minimum atomic E-state index is 0.0194. The SMILES string of the molecule is [N-]=[N+]=NCC#CCN1CN(Cc2ccccc2)C(=O)N(Cc2ccccc2)C1. The Bertz CT molecular complexity index is 830. The molecule has 0 spiro atoms. The second-order valence-electron chi connectivity index (χ2n) is 6.50. The Morgan fingerprint density at radius 3 is 1.93 bits per heavy atom. The predicted octanol–water partition coefficient (Wildman–Crippen LogP) is 3.66. The summed E-state index contributed by atoms with van der Waals surface area (Å²) in [6.07, 6.45) is 0. The fourth-order valence-corrected chi connectivity index (χ4v) is 3.08. The first-order chi connectivity index (χ1) is 13.8. The van der Waals surface area contributed by atoms with E-state index in [9.17, 15) is 4.79 Å². The molecule has 0 N–H and O–H groups in total. The van der Waals surface area contributed by atoms with Gasteiger partial charge in [-0.25, -0.2) is 4.79 Å². The summed E-state index contributed by atoms with van der Waals surface area (Å²) in [7, 11) is 0. The van der Waals surface area contributed by atoms with E-state index in [4.69, 9.17) is 5.53 Å². The van der Waals surface area contributed by atoms with Gasteiger partial charge in [-0.15, -0.1) is 0 Å². The molecular formula is C21H22N6O. The smallest absolute Gasteiger partial charge is 0.307 e. The summed E-state index contributed by atoms with van der Waals surface area (Å²) in [4.78, 5) is 21.5. The first kappa shape index (κ1) is 19.3. The molecule has 1 aliphatic rings. The number of amides is 2. The number of hydrogen-bond acceptors (Lipinski definition) is 3. The van der Waals surface area contributed by atoms with Gasteiger partial charge in [-0.05, 0) is 16.7 Å². The molecule has 2 amide bonds. The van der Waals surface area contributed by atoms with Crippen LogP contribution in [-0.2, 0) is 13.1 Å². The molecule has 0 radical (unpaired) electrons. The molecule has 142 valence electrons. The number of urea groups is 1. The van der Waals surface area contributed by atoms with E-state index in [2.05, 4.69) is 26.8 Å². The highest BCUT2D eigenvalue weighted by molar-refractivity contribution is 5.75. The maximum atomic E-state index is 13.0. The van der Waals surface area contributed by atoms with Crippen molar-refractivity contribution >= 4 is 6.03 Å². The van der Waals surface area contributed by atoms with Gasteiger partial charge in [0.25, 0.3) is 0 Å². The minimum Gasteiger partial charge on any atom is -0.307 e. The first-order valence-corrected chi connectivity index (χ1v) is 9.07. The Morgan fingerprint density at radius 1 is 0.893 bits per heavy atom. The summed E-state index contributed by atoms with van der Waals surface area (Å²) < 4.78 is 0. The van der Waals surface area contributed by atoms with Crippen molar-refractivity contribution in [3.05, 3.63) is 82.2 Å². The van der Waals surface area contributed by atoms with Gasteiger partial charge >= 0.3 is 6.03 Å². The van der Waals surface area contributed by atoms with Crippen LogP contribution < -0.4 is 0 Å². The topological polar surface area (TPSA) is 75.5 Å². The summed E-state index contributed by atoms with van der Waals surface area (Å²) in [5, 5.41) is 3.42. The molecule has 0 bridgehead atoms. The number of hydrogen-bond donors (Lipinski definition) is 0. The van der Waals surface area contributed by atoms with Gasteiger partial charge in [-0.3, -0.25) is 4.90 Å². The van der Waals surface area contributed by atoms with Crippen molar-refractivity contribution in [1.29, 1.82) is 0 Å². The Hall–Kier alpha value is -3.46. The monoisotopic (exact) mass is 374 g/mol. The quantitative estimate of drug-likeness (QED) is 0.335. The molecule has 1 saturated heterocycles. The van der Waals surface area contributed by atoms with Crippen molar-refractivity contribution in [2.75, 3.05) is 26.4 Å². The lowest BCUT2D eigenvalue weighted by atomic mass is 10.2. The van der Waals surface area contributed by atoms with Crippen LogP contribution in [0.2, 0.25) is 0 Å². The van der Waals surface area contributed by atoms with E-state index in [1.165, 1.54) is 0 Å². The van der Waals surface area contributed by atoms with Crippen molar-refractivity contribution in [3.63, 3.8) is 0 Å². The maximum absolute atomic E-state index is 13.0. The largest absolute Gasteiger partial charge is 0.322 e. The van der Waals surface area contributed by atoms with E-state index in [-0.39, 0.29) is 12.6 Å². The fourth-order valence-electron chi connectivity index (χ4n) is 3.08. The average molecular weight is 374 g/mol. The zero-order chi connectivity index (χ0) is 19.6. The van der Waals surface area contributed by atoms with E-state index in [0.29, 0.717) is 33.0 Å². The Balaban J connectivity index is 1.72. The van der Waals surface area contributed by atoms with Crippen LogP contribution in [0.1, 0.15) is 11.1 Å². The van der Waals surface area contributed by atoms with Crippen molar-refractivity contribution in [1.82, 2.24) is 14.7 Å². The zero-order valence-corrected chi connectivity index (χ0v) is 15.6. The number of benzene rings is 2. The molecule has 0 unspecified atom stereocenters. The van der Waals surface area contributed by atoms with Crippen LogP contribution in [0, 0.1) is 11.8 Å². The van der Waals surface area contributed by atoms with E-state index >= 15 is 0 Å². The summed E-state index contributed by atoms with van der Waals surface area (Å²) in [6, 6.07) is 19.9. The lowest BCUT2D eigenvalue weighted by Gasteiger charge is -2.41. The van der Waals surface area contributed by atoms with Crippen LogP contribution >= 0.6 is 0 Å². The maximum Gasteiger partial charge on any atom is 0.322 e. The fraction of sp³-hybridized carbons (Fsp3) is 0.286. The Kier molecular flexibility index (Phi) is 6.91. The molecule has 0 aliphatic carbocycles. The molecule has 3 rings (SSSR count). The third-order valence-electron chi connectivity index (χ3n) is 4.36. The molecule has 2 aromatic carbocycles. The van der Waals surface area contributed by atoms with Crippen LogP contribution in [0.5, 0.6) is 0 Å². The number of azide groups is 1. The average Bonchev–Trinajstić information content (AvgIpc) is 2.73. The van der Waals surface area contributed by atoms with Crippen LogP contribution in [0.25, 0.3) is 10.4 Å². The van der Waals surface area contributed by atoms with Gasteiger partial charge in [0.1, 0.15) is 0 Å². The molecule has 0 atom stereocenters. The van der Waals surface area contributed by atoms with Gasteiger partial charge < -0.3 is 9.80 Å². The van der Waals surface area contributed by atoms with Gasteiger partial charge in [0, 0.05) is 18.0 Å². The molecule has 1 heterocycles. The Labute approximate surface area is 164 Å². The highest BCUT2D eigenvalue weighted by Crippen LogP contribution is 2.16. The highest BCUT2D eigenvalue weighted by Gasteiger charge is 2.29. The van der Waals surface area contributed by atoms with Crippen LogP contribution in [0.15, 0.2) is 65.8 Å². The second-order valence-corrected chi connectivity index (χ2v) is 6.50. The van der Waals surface area contributed by atoms with Gasteiger partial charge in [-0.1, -0.05) is 77.6 Å². The third kappa shape index (κ3) is 5.52. The summed E-state index contributed by atoms with van der Waals surface area (Å²) in [5.41, 5.74) is 10.5.